The summed E-state index contributed by atoms with van der Waals surface area (Å²) in [5.74, 6) is 0.810. The molecule has 1 aliphatic heterocycles. The van der Waals surface area contributed by atoms with Crippen LogP contribution in [0.3, 0.4) is 0 Å². The van der Waals surface area contributed by atoms with Crippen molar-refractivity contribution in [2.75, 3.05) is 13.1 Å². The van der Waals surface area contributed by atoms with Gasteiger partial charge >= 0.3 is 0 Å². The van der Waals surface area contributed by atoms with Gasteiger partial charge in [0.15, 0.2) is 0 Å². The first-order valence-electron chi connectivity index (χ1n) is 4.67. The van der Waals surface area contributed by atoms with Gasteiger partial charge in [-0.15, -0.1) is 0 Å². The lowest BCUT2D eigenvalue weighted by Crippen LogP contribution is -2.37. The lowest BCUT2D eigenvalue weighted by molar-refractivity contribution is 0.255. The molecule has 2 atom stereocenters. The Labute approximate surface area is 80.1 Å². The van der Waals surface area contributed by atoms with Crippen LogP contribution in [0.1, 0.15) is 26.7 Å². The molecule has 0 amide bonds. The van der Waals surface area contributed by atoms with Crippen LogP contribution in [-0.4, -0.2) is 29.0 Å². The van der Waals surface area contributed by atoms with Crippen LogP contribution < -0.4 is 5.73 Å². The Balaban J connectivity index is 2.48. The van der Waals surface area contributed by atoms with E-state index in [0.29, 0.717) is 11.0 Å². The summed E-state index contributed by atoms with van der Waals surface area (Å²) in [7, 11) is 0. The zero-order chi connectivity index (χ0) is 9.14. The molecule has 0 aliphatic carbocycles. The van der Waals surface area contributed by atoms with Gasteiger partial charge in [-0.2, -0.15) is 0 Å². The minimum absolute atomic E-state index is 0.627. The number of likely N-dealkylation sites (tertiary alicyclic amines) is 1. The fourth-order valence-electron chi connectivity index (χ4n) is 2.14. The highest BCUT2D eigenvalue weighted by atomic mass is 32.1. The first-order chi connectivity index (χ1) is 5.65. The van der Waals surface area contributed by atoms with Gasteiger partial charge in [-0.3, -0.25) is 4.90 Å². The molecule has 70 valence electrons. The Kier molecular flexibility index (Phi) is 3.47. The van der Waals surface area contributed by atoms with Crippen molar-refractivity contribution in [3.63, 3.8) is 0 Å². The molecule has 1 aliphatic rings. The second-order valence-corrected chi connectivity index (χ2v) is 4.20. The molecule has 0 saturated carbocycles. The molecule has 0 spiro atoms. The Morgan fingerprint density at radius 1 is 1.67 bits per heavy atom. The number of rotatable bonds is 3. The summed E-state index contributed by atoms with van der Waals surface area (Å²) in [6.45, 7) is 6.52. The smallest absolute Gasteiger partial charge is 0.0870 e. The molecular formula is C9H18N2S. The number of hydrogen-bond donors (Lipinski definition) is 1. The molecule has 1 rings (SSSR count). The van der Waals surface area contributed by atoms with E-state index < -0.39 is 0 Å². The molecule has 2 unspecified atom stereocenters. The van der Waals surface area contributed by atoms with Crippen LogP contribution in [0.2, 0.25) is 0 Å². The standard InChI is InChI=1S/C9H18N2S/c1-3-8-7(2)4-5-11(8)6-9(10)12/h7-8H,3-6H2,1-2H3,(H2,10,12). The second-order valence-electron chi connectivity index (χ2n) is 3.68. The first kappa shape index (κ1) is 9.93. The SMILES string of the molecule is CCC1C(C)CCN1CC(N)=S. The van der Waals surface area contributed by atoms with Gasteiger partial charge in [0.05, 0.1) is 4.99 Å². The fourth-order valence-corrected chi connectivity index (χ4v) is 2.31. The van der Waals surface area contributed by atoms with E-state index in [1.54, 1.807) is 0 Å². The van der Waals surface area contributed by atoms with Crippen LogP contribution in [0.4, 0.5) is 0 Å². The normalized spacial score (nSPS) is 30.8. The van der Waals surface area contributed by atoms with Crippen LogP contribution in [0, 0.1) is 5.92 Å². The monoisotopic (exact) mass is 186 g/mol. The van der Waals surface area contributed by atoms with E-state index in [4.69, 9.17) is 18.0 Å². The highest BCUT2D eigenvalue weighted by Gasteiger charge is 2.29. The summed E-state index contributed by atoms with van der Waals surface area (Å²) in [5, 5.41) is 0. The molecule has 3 heteroatoms. The number of nitrogens with two attached hydrogens (primary N) is 1. The van der Waals surface area contributed by atoms with Crippen molar-refractivity contribution >= 4 is 17.2 Å². The second kappa shape index (κ2) is 4.19. The minimum atomic E-state index is 0.627. The van der Waals surface area contributed by atoms with Crippen LogP contribution in [-0.2, 0) is 0 Å². The Bertz CT molecular complexity index is 170. The highest BCUT2D eigenvalue weighted by molar-refractivity contribution is 7.80. The average Bonchev–Trinajstić information content (AvgIpc) is 2.30. The summed E-state index contributed by atoms with van der Waals surface area (Å²) in [6.07, 6.45) is 2.50. The van der Waals surface area contributed by atoms with E-state index in [0.717, 1.165) is 19.0 Å². The van der Waals surface area contributed by atoms with Crippen LogP contribution in [0.25, 0.3) is 0 Å². The lowest BCUT2D eigenvalue weighted by Gasteiger charge is -2.24. The Hall–Kier alpha value is -0.150. The van der Waals surface area contributed by atoms with Gasteiger partial charge in [0.25, 0.3) is 0 Å². The van der Waals surface area contributed by atoms with Crippen molar-refractivity contribution in [1.82, 2.24) is 4.90 Å². The largest absolute Gasteiger partial charge is 0.392 e. The number of thiocarbonyl (C=S) groups is 1. The molecule has 2 N–H and O–H groups in total. The highest BCUT2D eigenvalue weighted by Crippen LogP contribution is 2.25. The van der Waals surface area contributed by atoms with E-state index in [1.165, 1.54) is 12.8 Å². The molecule has 0 aromatic rings. The predicted molar refractivity (Wildman–Crippen MR) is 56.2 cm³/mol. The van der Waals surface area contributed by atoms with E-state index in [-0.39, 0.29) is 0 Å². The molecule has 12 heavy (non-hydrogen) atoms. The zero-order valence-corrected chi connectivity index (χ0v) is 8.73. The summed E-state index contributed by atoms with van der Waals surface area (Å²) >= 11 is 4.91. The summed E-state index contributed by atoms with van der Waals surface area (Å²) in [6, 6.07) is 0.700. The summed E-state index contributed by atoms with van der Waals surface area (Å²) in [5.41, 5.74) is 5.52. The van der Waals surface area contributed by atoms with Crippen LogP contribution >= 0.6 is 12.2 Å². The number of hydrogen-bond acceptors (Lipinski definition) is 2. The maximum atomic E-state index is 5.52. The molecule has 1 saturated heterocycles. The van der Waals surface area contributed by atoms with Crippen molar-refractivity contribution in [1.29, 1.82) is 0 Å². The molecule has 0 aromatic heterocycles. The molecule has 1 fully saturated rings. The van der Waals surface area contributed by atoms with Crippen molar-refractivity contribution in [3.8, 4) is 0 Å². The molecule has 1 heterocycles. The average molecular weight is 186 g/mol. The van der Waals surface area contributed by atoms with Crippen molar-refractivity contribution < 1.29 is 0 Å². The van der Waals surface area contributed by atoms with E-state index >= 15 is 0 Å². The third-order valence-corrected chi connectivity index (χ3v) is 2.90. The molecule has 0 radical (unpaired) electrons. The summed E-state index contributed by atoms with van der Waals surface area (Å²) in [4.78, 5) is 3.04. The van der Waals surface area contributed by atoms with Crippen molar-refractivity contribution in [2.24, 2.45) is 11.7 Å². The molecule has 2 nitrogen and oxygen atoms in total. The van der Waals surface area contributed by atoms with Gasteiger partial charge in [0.2, 0.25) is 0 Å². The van der Waals surface area contributed by atoms with Gasteiger partial charge in [-0.25, -0.2) is 0 Å². The quantitative estimate of drug-likeness (QED) is 0.675. The Morgan fingerprint density at radius 2 is 2.33 bits per heavy atom. The lowest BCUT2D eigenvalue weighted by atomic mass is 10.0. The van der Waals surface area contributed by atoms with Gasteiger partial charge < -0.3 is 5.73 Å². The first-order valence-corrected chi connectivity index (χ1v) is 5.08. The minimum Gasteiger partial charge on any atom is -0.392 e. The predicted octanol–water partition coefficient (Wildman–Crippen LogP) is 1.39. The summed E-state index contributed by atoms with van der Waals surface area (Å²) < 4.78 is 0. The van der Waals surface area contributed by atoms with Gasteiger partial charge in [-0.05, 0) is 25.3 Å². The topological polar surface area (TPSA) is 29.3 Å². The molecule has 0 aromatic carbocycles. The van der Waals surface area contributed by atoms with Crippen LogP contribution in [0.5, 0.6) is 0 Å². The maximum absolute atomic E-state index is 5.52. The van der Waals surface area contributed by atoms with Crippen molar-refractivity contribution in [3.05, 3.63) is 0 Å². The van der Waals surface area contributed by atoms with Gasteiger partial charge in [0.1, 0.15) is 0 Å². The maximum Gasteiger partial charge on any atom is 0.0870 e. The van der Waals surface area contributed by atoms with Crippen LogP contribution in [0.15, 0.2) is 0 Å². The molecular weight excluding hydrogens is 168 g/mol. The van der Waals surface area contributed by atoms with E-state index in [9.17, 15) is 0 Å². The van der Waals surface area contributed by atoms with Crippen molar-refractivity contribution in [2.45, 2.75) is 32.7 Å². The number of nitrogens with zero attached hydrogens (tertiary/aromatic N) is 1. The van der Waals surface area contributed by atoms with Gasteiger partial charge in [0, 0.05) is 12.6 Å². The third-order valence-electron chi connectivity index (χ3n) is 2.77. The molecule has 0 bridgehead atoms. The van der Waals surface area contributed by atoms with Gasteiger partial charge in [-0.1, -0.05) is 26.1 Å². The Morgan fingerprint density at radius 3 is 2.83 bits per heavy atom. The zero-order valence-electron chi connectivity index (χ0n) is 7.92. The van der Waals surface area contributed by atoms with E-state index in [2.05, 4.69) is 18.7 Å². The third kappa shape index (κ3) is 2.17. The van der Waals surface area contributed by atoms with E-state index in [1.807, 2.05) is 0 Å². The fraction of sp³-hybridized carbons (Fsp3) is 0.889.